The monoisotopic (exact) mass is 470 g/mol. The maximum absolute atomic E-state index is 2.35. The fourth-order valence-corrected chi connectivity index (χ4v) is 10.0. The molecule has 0 aliphatic rings. The van der Waals surface area contributed by atoms with Crippen molar-refractivity contribution in [2.24, 2.45) is 0 Å². The highest BCUT2D eigenvalue weighted by Crippen LogP contribution is 2.54. The van der Waals surface area contributed by atoms with E-state index in [9.17, 15) is 0 Å². The maximum Gasteiger partial charge on any atom is -0.00650 e. The second kappa shape index (κ2) is 9.52. The Morgan fingerprint density at radius 2 is 1.00 bits per heavy atom. The number of fused-ring (bicyclic) bond motifs is 2. The Balaban J connectivity index is 1.56. The third-order valence-electron chi connectivity index (χ3n) is 6.24. The zero-order chi connectivity index (χ0) is 22.7. The predicted octanol–water partition coefficient (Wildman–Crippen LogP) is 8.01. The van der Waals surface area contributed by atoms with Crippen molar-refractivity contribution in [1.29, 1.82) is 0 Å². The molecule has 6 aromatic carbocycles. The third-order valence-corrected chi connectivity index (χ3v) is 11.7. The SMILES string of the molecule is c1ccc(P(Pc2c(-c3ccc4ccccc4c3)ccc3ccccc23)c2ccccc2)cc1. The summed E-state index contributed by atoms with van der Waals surface area (Å²) in [5.41, 5.74) is 2.64. The molecule has 0 radical (unpaired) electrons. The molecule has 0 heterocycles. The van der Waals surface area contributed by atoms with Gasteiger partial charge in [0.25, 0.3) is 0 Å². The van der Waals surface area contributed by atoms with Gasteiger partial charge in [0.2, 0.25) is 0 Å². The van der Waals surface area contributed by atoms with Crippen molar-refractivity contribution in [3.8, 4) is 11.1 Å². The van der Waals surface area contributed by atoms with Crippen LogP contribution in [0.3, 0.4) is 0 Å². The number of benzene rings is 6. The molecule has 2 heteroatoms. The summed E-state index contributed by atoms with van der Waals surface area (Å²) in [4.78, 5) is 0. The van der Waals surface area contributed by atoms with Gasteiger partial charge in [0.15, 0.2) is 0 Å². The summed E-state index contributed by atoms with van der Waals surface area (Å²) in [6, 6.07) is 51.1. The summed E-state index contributed by atoms with van der Waals surface area (Å²) in [5, 5.41) is 9.57. The summed E-state index contributed by atoms with van der Waals surface area (Å²) < 4.78 is 0. The lowest BCUT2D eigenvalue weighted by Crippen LogP contribution is -2.12. The standard InChI is InChI=1S/C32H24P2/c1-3-14-28(15-4-1)34(29-16-5-2-6-17-29)33-32-30-18-10-9-12-25(30)21-22-31(32)27-20-19-24-11-7-8-13-26(24)23-27/h1-23,33H. The molecule has 0 aromatic heterocycles. The van der Waals surface area contributed by atoms with Gasteiger partial charge in [-0.3, -0.25) is 0 Å². The van der Waals surface area contributed by atoms with E-state index in [-0.39, 0.29) is 0 Å². The van der Waals surface area contributed by atoms with Crippen LogP contribution in [0, 0.1) is 0 Å². The lowest BCUT2D eigenvalue weighted by molar-refractivity contribution is 1.70. The first kappa shape index (κ1) is 21.2. The van der Waals surface area contributed by atoms with Crippen LogP contribution in [0.2, 0.25) is 0 Å². The van der Waals surface area contributed by atoms with E-state index >= 15 is 0 Å². The van der Waals surface area contributed by atoms with Gasteiger partial charge >= 0.3 is 0 Å². The molecular weight excluding hydrogens is 446 g/mol. The van der Waals surface area contributed by atoms with Crippen LogP contribution in [-0.4, -0.2) is 0 Å². The Morgan fingerprint density at radius 1 is 0.441 bits per heavy atom. The van der Waals surface area contributed by atoms with E-state index < -0.39 is 7.61 Å². The van der Waals surface area contributed by atoms with Crippen molar-refractivity contribution in [3.63, 3.8) is 0 Å². The van der Waals surface area contributed by atoms with Gasteiger partial charge < -0.3 is 0 Å². The predicted molar refractivity (Wildman–Crippen MR) is 154 cm³/mol. The van der Waals surface area contributed by atoms with E-state index in [0.29, 0.717) is 8.27 Å². The van der Waals surface area contributed by atoms with Crippen molar-refractivity contribution in [2.75, 3.05) is 0 Å². The molecule has 6 rings (SSSR count). The lowest BCUT2D eigenvalue weighted by atomic mass is 9.98. The molecule has 0 N–H and O–H groups in total. The molecule has 34 heavy (non-hydrogen) atoms. The highest BCUT2D eigenvalue weighted by atomic mass is 32.0. The number of rotatable bonds is 5. The first-order valence-corrected chi connectivity index (χ1v) is 14.7. The highest BCUT2D eigenvalue weighted by molar-refractivity contribution is 8.31. The Morgan fingerprint density at radius 3 is 1.71 bits per heavy atom. The van der Waals surface area contributed by atoms with Crippen LogP contribution in [0.4, 0.5) is 0 Å². The van der Waals surface area contributed by atoms with E-state index in [1.165, 1.54) is 48.6 Å². The second-order valence-corrected chi connectivity index (χ2v) is 12.8. The summed E-state index contributed by atoms with van der Waals surface area (Å²) in [5.74, 6) is 0. The van der Waals surface area contributed by atoms with Gasteiger partial charge in [0.1, 0.15) is 0 Å². The molecule has 1 unspecified atom stereocenters. The van der Waals surface area contributed by atoms with Gasteiger partial charge in [-0.15, -0.1) is 0 Å². The van der Waals surface area contributed by atoms with Crippen molar-refractivity contribution in [1.82, 2.24) is 0 Å². The molecule has 0 saturated carbocycles. The molecule has 6 aromatic rings. The average Bonchev–Trinajstić information content (AvgIpc) is 2.92. The van der Waals surface area contributed by atoms with Gasteiger partial charge in [0.05, 0.1) is 0 Å². The van der Waals surface area contributed by atoms with Gasteiger partial charge in [0, 0.05) is 0 Å². The van der Waals surface area contributed by atoms with E-state index in [0.717, 1.165) is 0 Å². The quantitative estimate of drug-likeness (QED) is 0.224. The van der Waals surface area contributed by atoms with E-state index in [1.54, 1.807) is 0 Å². The lowest BCUT2D eigenvalue weighted by Gasteiger charge is -2.22. The average molecular weight is 470 g/mol. The molecule has 1 atom stereocenters. The summed E-state index contributed by atoms with van der Waals surface area (Å²) in [6.45, 7) is 0. The molecule has 0 saturated heterocycles. The van der Waals surface area contributed by atoms with Crippen molar-refractivity contribution < 1.29 is 0 Å². The van der Waals surface area contributed by atoms with Crippen LogP contribution in [0.1, 0.15) is 0 Å². The van der Waals surface area contributed by atoms with Gasteiger partial charge in [-0.25, -0.2) is 0 Å². The molecule has 0 nitrogen and oxygen atoms in total. The third kappa shape index (κ3) is 4.17. The van der Waals surface area contributed by atoms with E-state index in [1.807, 2.05) is 0 Å². The van der Waals surface area contributed by atoms with Gasteiger partial charge in [-0.05, 0) is 62.3 Å². The molecule has 0 aliphatic heterocycles. The zero-order valence-corrected chi connectivity index (χ0v) is 20.6. The molecule has 0 aliphatic carbocycles. The van der Waals surface area contributed by atoms with Crippen LogP contribution in [0.25, 0.3) is 32.7 Å². The van der Waals surface area contributed by atoms with Gasteiger partial charge in [-0.2, -0.15) is 0 Å². The zero-order valence-electron chi connectivity index (χ0n) is 18.7. The van der Waals surface area contributed by atoms with Crippen LogP contribution in [0.15, 0.2) is 140 Å². The van der Waals surface area contributed by atoms with Crippen LogP contribution in [0.5, 0.6) is 0 Å². The van der Waals surface area contributed by atoms with E-state index in [2.05, 4.69) is 140 Å². The van der Waals surface area contributed by atoms with Crippen LogP contribution >= 0.6 is 15.9 Å². The highest BCUT2D eigenvalue weighted by Gasteiger charge is 2.19. The van der Waals surface area contributed by atoms with Gasteiger partial charge in [-0.1, -0.05) is 142 Å². The Labute approximate surface area is 203 Å². The molecule has 0 spiro atoms. The fourth-order valence-electron chi connectivity index (χ4n) is 4.53. The number of hydrogen-bond donors (Lipinski definition) is 0. The topological polar surface area (TPSA) is 0 Å². The molecule has 0 fully saturated rings. The van der Waals surface area contributed by atoms with Crippen LogP contribution in [-0.2, 0) is 0 Å². The Kier molecular flexibility index (Phi) is 5.95. The van der Waals surface area contributed by atoms with Crippen molar-refractivity contribution in [3.05, 3.63) is 140 Å². The smallest absolute Gasteiger partial charge is 0.00650 e. The maximum atomic E-state index is 2.35. The Hall–Kier alpha value is -3.30. The fraction of sp³-hybridized carbons (Fsp3) is 0. The second-order valence-electron chi connectivity index (χ2n) is 8.39. The molecule has 0 amide bonds. The molecular formula is C32H24P2. The number of hydrogen-bond acceptors (Lipinski definition) is 0. The minimum absolute atomic E-state index is 0.514. The van der Waals surface area contributed by atoms with E-state index in [4.69, 9.17) is 0 Å². The molecule has 0 bridgehead atoms. The summed E-state index contributed by atoms with van der Waals surface area (Å²) in [7, 11) is 0.157. The van der Waals surface area contributed by atoms with Crippen molar-refractivity contribution >= 4 is 53.3 Å². The Bertz CT molecular complexity index is 1530. The minimum Gasteiger partial charge on any atom is -0.0622 e. The van der Waals surface area contributed by atoms with Crippen LogP contribution < -0.4 is 15.9 Å². The van der Waals surface area contributed by atoms with Crippen molar-refractivity contribution in [2.45, 2.75) is 0 Å². The normalized spacial score (nSPS) is 11.7. The summed E-state index contributed by atoms with van der Waals surface area (Å²) >= 11 is 0. The summed E-state index contributed by atoms with van der Waals surface area (Å²) in [6.07, 6.45) is 0. The minimum atomic E-state index is -0.514. The first-order valence-electron chi connectivity index (χ1n) is 11.5. The molecule has 162 valence electrons. The largest absolute Gasteiger partial charge is 0.0622 e. The first-order chi connectivity index (χ1) is 16.9.